The van der Waals surface area contributed by atoms with Gasteiger partial charge < -0.3 is 10.1 Å². The van der Waals surface area contributed by atoms with E-state index in [2.05, 4.69) is 5.32 Å². The van der Waals surface area contributed by atoms with Crippen LogP contribution in [0.2, 0.25) is 10.0 Å². The molecule has 0 aromatic heterocycles. The van der Waals surface area contributed by atoms with Crippen molar-refractivity contribution in [2.45, 2.75) is 38.0 Å². The molecule has 9 heteroatoms. The maximum absolute atomic E-state index is 13.1. The van der Waals surface area contributed by atoms with Crippen LogP contribution in [-0.4, -0.2) is 38.8 Å². The summed E-state index contributed by atoms with van der Waals surface area (Å²) in [6.45, 7) is 2.53. The summed E-state index contributed by atoms with van der Waals surface area (Å²) in [5.41, 5.74) is 1.36. The first-order chi connectivity index (χ1) is 15.2. The maximum Gasteiger partial charge on any atom is 0.224 e. The number of sulfonamides is 1. The molecule has 0 bridgehead atoms. The molecule has 2 atom stereocenters. The molecule has 0 aliphatic carbocycles. The standard InChI is InChI=1S/C23H28Cl2N2O4S/c1-3-22(16-9-11-18(31-2)12-10-16)26-23(28)17-6-5-13-27(14-17)32(29,30)15-19-20(24)7-4-8-21(19)25/h4,7-12,17,22H,3,5-6,13-15H2,1-2H3,(H,26,28). The van der Waals surface area contributed by atoms with Crippen LogP contribution in [0.25, 0.3) is 0 Å². The van der Waals surface area contributed by atoms with Crippen molar-refractivity contribution in [2.75, 3.05) is 20.2 Å². The van der Waals surface area contributed by atoms with Gasteiger partial charge in [0.25, 0.3) is 0 Å². The zero-order valence-electron chi connectivity index (χ0n) is 18.2. The first kappa shape index (κ1) is 24.8. The third kappa shape index (κ3) is 5.95. The van der Waals surface area contributed by atoms with Crippen LogP contribution in [0.4, 0.5) is 0 Å². The topological polar surface area (TPSA) is 75.7 Å². The summed E-state index contributed by atoms with van der Waals surface area (Å²) >= 11 is 12.3. The highest BCUT2D eigenvalue weighted by atomic mass is 35.5. The summed E-state index contributed by atoms with van der Waals surface area (Å²) in [7, 11) is -2.06. The Kier molecular flexibility index (Phi) is 8.44. The Balaban J connectivity index is 1.68. The van der Waals surface area contributed by atoms with Crippen molar-refractivity contribution in [3.8, 4) is 5.75 Å². The number of benzene rings is 2. The van der Waals surface area contributed by atoms with Crippen LogP contribution < -0.4 is 10.1 Å². The van der Waals surface area contributed by atoms with E-state index in [1.807, 2.05) is 31.2 Å². The molecule has 0 spiro atoms. The molecule has 1 fully saturated rings. The average molecular weight is 499 g/mol. The second-order valence-electron chi connectivity index (χ2n) is 7.90. The largest absolute Gasteiger partial charge is 0.497 e. The van der Waals surface area contributed by atoms with E-state index in [4.69, 9.17) is 27.9 Å². The van der Waals surface area contributed by atoms with Crippen molar-refractivity contribution in [3.05, 3.63) is 63.6 Å². The highest BCUT2D eigenvalue weighted by Gasteiger charge is 2.33. The van der Waals surface area contributed by atoms with Gasteiger partial charge in [0.1, 0.15) is 5.75 Å². The van der Waals surface area contributed by atoms with Crippen LogP contribution in [0.1, 0.15) is 43.4 Å². The number of carbonyl (C=O) groups is 1. The minimum atomic E-state index is -3.67. The maximum atomic E-state index is 13.1. The highest BCUT2D eigenvalue weighted by Crippen LogP contribution is 2.29. The van der Waals surface area contributed by atoms with Crippen molar-refractivity contribution in [3.63, 3.8) is 0 Å². The van der Waals surface area contributed by atoms with Gasteiger partial charge in [-0.15, -0.1) is 0 Å². The summed E-state index contributed by atoms with van der Waals surface area (Å²) in [6, 6.07) is 12.3. The number of amides is 1. The second kappa shape index (κ2) is 10.9. The highest BCUT2D eigenvalue weighted by molar-refractivity contribution is 7.88. The molecule has 0 radical (unpaired) electrons. The van der Waals surface area contributed by atoms with Crippen molar-refractivity contribution >= 4 is 39.1 Å². The lowest BCUT2D eigenvalue weighted by atomic mass is 9.97. The minimum absolute atomic E-state index is 0.136. The average Bonchev–Trinajstić information content (AvgIpc) is 2.80. The molecule has 6 nitrogen and oxygen atoms in total. The number of methoxy groups -OCH3 is 1. The molecule has 3 rings (SSSR count). The van der Waals surface area contributed by atoms with Gasteiger partial charge in [0, 0.05) is 28.7 Å². The van der Waals surface area contributed by atoms with Crippen LogP contribution >= 0.6 is 23.2 Å². The molecule has 1 N–H and O–H groups in total. The number of hydrogen-bond acceptors (Lipinski definition) is 4. The molecule has 1 saturated heterocycles. The number of rotatable bonds is 8. The third-order valence-corrected chi connectivity index (χ3v) is 8.26. The van der Waals surface area contributed by atoms with Crippen molar-refractivity contribution in [1.82, 2.24) is 9.62 Å². The SMILES string of the molecule is CCC(NC(=O)C1CCCN(S(=O)(=O)Cc2c(Cl)cccc2Cl)C1)c1ccc(OC)cc1. The first-order valence-corrected chi connectivity index (χ1v) is 13.0. The van der Waals surface area contributed by atoms with Crippen LogP contribution in [0, 0.1) is 5.92 Å². The predicted octanol–water partition coefficient (Wildman–Crippen LogP) is 4.81. The first-order valence-electron chi connectivity index (χ1n) is 10.6. The Hall–Kier alpha value is -1.80. The minimum Gasteiger partial charge on any atom is -0.497 e. The van der Waals surface area contributed by atoms with Gasteiger partial charge in [-0.05, 0) is 49.1 Å². The second-order valence-corrected chi connectivity index (χ2v) is 10.7. The van der Waals surface area contributed by atoms with E-state index in [0.717, 1.165) is 17.7 Å². The Morgan fingerprint density at radius 3 is 2.44 bits per heavy atom. The Bertz CT molecular complexity index is 1020. The predicted molar refractivity (Wildman–Crippen MR) is 128 cm³/mol. The Labute approximate surface area is 199 Å². The smallest absolute Gasteiger partial charge is 0.224 e. The summed E-state index contributed by atoms with van der Waals surface area (Å²) in [5.74, 6) is -0.0823. The zero-order chi connectivity index (χ0) is 23.3. The van der Waals surface area contributed by atoms with E-state index in [0.29, 0.717) is 35.0 Å². The summed E-state index contributed by atoms with van der Waals surface area (Å²) in [5, 5.41) is 3.72. The van der Waals surface area contributed by atoms with E-state index in [1.165, 1.54) is 4.31 Å². The molecule has 1 amide bonds. The lowest BCUT2D eigenvalue weighted by Gasteiger charge is -2.32. The van der Waals surface area contributed by atoms with Gasteiger partial charge in [-0.25, -0.2) is 12.7 Å². The van der Waals surface area contributed by atoms with E-state index in [-0.39, 0.29) is 24.2 Å². The number of halogens is 2. The summed E-state index contributed by atoms with van der Waals surface area (Å²) in [4.78, 5) is 13.0. The van der Waals surface area contributed by atoms with E-state index >= 15 is 0 Å². The number of nitrogens with zero attached hydrogens (tertiary/aromatic N) is 1. The fourth-order valence-electron chi connectivity index (χ4n) is 3.90. The van der Waals surface area contributed by atoms with E-state index in [1.54, 1.807) is 25.3 Å². The van der Waals surface area contributed by atoms with Crippen LogP contribution in [0.15, 0.2) is 42.5 Å². The monoisotopic (exact) mass is 498 g/mol. The quantitative estimate of drug-likeness (QED) is 0.566. The molecule has 2 aromatic carbocycles. The summed E-state index contributed by atoms with van der Waals surface area (Å²) < 4.78 is 32.7. The Morgan fingerprint density at radius 2 is 1.84 bits per heavy atom. The van der Waals surface area contributed by atoms with E-state index < -0.39 is 15.9 Å². The lowest BCUT2D eigenvalue weighted by molar-refractivity contribution is -0.126. The normalized spacial score (nSPS) is 18.2. The molecule has 32 heavy (non-hydrogen) atoms. The number of carbonyl (C=O) groups excluding carboxylic acids is 1. The number of ether oxygens (including phenoxy) is 1. The van der Waals surface area contributed by atoms with Crippen LogP contribution in [-0.2, 0) is 20.6 Å². The van der Waals surface area contributed by atoms with Crippen LogP contribution in [0.3, 0.4) is 0 Å². The molecule has 1 heterocycles. The third-order valence-electron chi connectivity index (χ3n) is 5.78. The van der Waals surface area contributed by atoms with Gasteiger partial charge in [0.15, 0.2) is 0 Å². The molecule has 174 valence electrons. The molecule has 2 aromatic rings. The fraction of sp³-hybridized carbons (Fsp3) is 0.435. The molecule has 0 saturated carbocycles. The fourth-order valence-corrected chi connectivity index (χ4v) is 6.26. The molecular weight excluding hydrogens is 471 g/mol. The van der Waals surface area contributed by atoms with Gasteiger partial charge in [0.2, 0.25) is 15.9 Å². The summed E-state index contributed by atoms with van der Waals surface area (Å²) in [6.07, 6.45) is 1.98. The molecule has 1 aliphatic rings. The van der Waals surface area contributed by atoms with Crippen LogP contribution in [0.5, 0.6) is 5.75 Å². The zero-order valence-corrected chi connectivity index (χ0v) is 20.5. The van der Waals surface area contributed by atoms with Gasteiger partial charge in [-0.2, -0.15) is 0 Å². The van der Waals surface area contributed by atoms with Crippen molar-refractivity contribution in [1.29, 1.82) is 0 Å². The van der Waals surface area contributed by atoms with Crippen molar-refractivity contribution in [2.24, 2.45) is 5.92 Å². The number of hydrogen-bond donors (Lipinski definition) is 1. The molecule has 2 unspecified atom stereocenters. The van der Waals surface area contributed by atoms with Crippen molar-refractivity contribution < 1.29 is 17.9 Å². The number of nitrogens with one attached hydrogen (secondary N) is 1. The van der Waals surface area contributed by atoms with Gasteiger partial charge in [-0.3, -0.25) is 4.79 Å². The van der Waals surface area contributed by atoms with E-state index in [9.17, 15) is 13.2 Å². The Morgan fingerprint density at radius 1 is 1.19 bits per heavy atom. The van der Waals surface area contributed by atoms with Gasteiger partial charge >= 0.3 is 0 Å². The van der Waals surface area contributed by atoms with Gasteiger partial charge in [0.05, 0.1) is 24.8 Å². The lowest BCUT2D eigenvalue weighted by Crippen LogP contribution is -2.46. The molecular formula is C23H28Cl2N2O4S. The number of piperidine rings is 1. The van der Waals surface area contributed by atoms with Gasteiger partial charge in [-0.1, -0.05) is 48.3 Å². The molecule has 1 aliphatic heterocycles.